The second kappa shape index (κ2) is 9.17. The molecule has 0 spiro atoms. The van der Waals surface area contributed by atoms with Crippen molar-refractivity contribution in [3.05, 3.63) is 12.7 Å². The summed E-state index contributed by atoms with van der Waals surface area (Å²) < 4.78 is 4.54. The number of hydrogen-bond donors (Lipinski definition) is 2. The molecule has 0 aromatic carbocycles. The Labute approximate surface area is 105 Å². The molecule has 0 bridgehead atoms. The van der Waals surface area contributed by atoms with E-state index in [9.17, 15) is 14.4 Å². The van der Waals surface area contributed by atoms with Crippen LogP contribution < -0.4 is 5.32 Å². The van der Waals surface area contributed by atoms with Gasteiger partial charge in [0, 0.05) is 13.6 Å². The van der Waals surface area contributed by atoms with Gasteiger partial charge in [0.1, 0.15) is 13.2 Å². The molecular weight excluding hydrogens is 240 g/mol. The number of unbranched alkanes of at least 4 members (excludes halogenated alkanes) is 1. The molecule has 0 aliphatic rings. The summed E-state index contributed by atoms with van der Waals surface area (Å²) in [6.45, 7) is 3.03. The second-order valence-corrected chi connectivity index (χ2v) is 3.59. The van der Waals surface area contributed by atoms with Crippen LogP contribution in [0.15, 0.2) is 12.7 Å². The van der Waals surface area contributed by atoms with E-state index in [4.69, 9.17) is 5.11 Å². The third-order valence-corrected chi connectivity index (χ3v) is 1.95. The van der Waals surface area contributed by atoms with Crippen molar-refractivity contribution in [2.75, 3.05) is 26.8 Å². The van der Waals surface area contributed by atoms with Gasteiger partial charge in [0.25, 0.3) is 5.91 Å². The van der Waals surface area contributed by atoms with Gasteiger partial charge in [-0.05, 0) is 12.8 Å². The van der Waals surface area contributed by atoms with E-state index in [0.717, 1.165) is 12.8 Å². The molecule has 7 heteroatoms. The lowest BCUT2D eigenvalue weighted by atomic mass is 10.3. The minimum atomic E-state index is -1.17. The molecule has 18 heavy (non-hydrogen) atoms. The maximum atomic E-state index is 11.4. The van der Waals surface area contributed by atoms with Crippen LogP contribution in [0.3, 0.4) is 0 Å². The molecule has 0 radical (unpaired) electrons. The molecule has 0 aliphatic carbocycles. The molecule has 0 aliphatic heterocycles. The lowest BCUT2D eigenvalue weighted by Crippen LogP contribution is -2.42. The highest BCUT2D eigenvalue weighted by Gasteiger charge is 2.12. The van der Waals surface area contributed by atoms with Crippen LogP contribution >= 0.6 is 0 Å². The van der Waals surface area contributed by atoms with Crippen molar-refractivity contribution >= 4 is 17.9 Å². The Bertz CT molecular complexity index is 317. The van der Waals surface area contributed by atoms with Crippen molar-refractivity contribution in [2.45, 2.75) is 12.8 Å². The monoisotopic (exact) mass is 258 g/mol. The number of carboxylic acids is 1. The van der Waals surface area contributed by atoms with E-state index in [2.05, 4.69) is 16.6 Å². The van der Waals surface area contributed by atoms with Crippen molar-refractivity contribution in [3.63, 3.8) is 0 Å². The van der Waals surface area contributed by atoms with Crippen LogP contribution in [0.4, 0.5) is 4.79 Å². The standard InChI is InChI=1S/C11H18N2O5/c1-3-4-5-6-13(2)11(17)12-9(14)7-18-8-10(15)16/h3H,1,4-8H2,2H3,(H,15,16)(H,12,14,17). The zero-order chi connectivity index (χ0) is 14.0. The van der Waals surface area contributed by atoms with Gasteiger partial charge in [0.2, 0.25) is 0 Å². The topological polar surface area (TPSA) is 95.9 Å². The SMILES string of the molecule is C=CCCCN(C)C(=O)NC(=O)COCC(=O)O. The number of rotatable bonds is 8. The maximum absolute atomic E-state index is 11.4. The lowest BCUT2D eigenvalue weighted by molar-refractivity contribution is -0.143. The Hall–Kier alpha value is -1.89. The summed E-state index contributed by atoms with van der Waals surface area (Å²) in [5.74, 6) is -1.84. The van der Waals surface area contributed by atoms with E-state index in [1.165, 1.54) is 4.90 Å². The first-order valence-electron chi connectivity index (χ1n) is 5.42. The van der Waals surface area contributed by atoms with Gasteiger partial charge in [-0.3, -0.25) is 10.1 Å². The first-order valence-corrected chi connectivity index (χ1v) is 5.42. The lowest BCUT2D eigenvalue weighted by Gasteiger charge is -2.16. The van der Waals surface area contributed by atoms with Gasteiger partial charge in [-0.25, -0.2) is 9.59 Å². The number of allylic oxidation sites excluding steroid dienone is 1. The molecule has 7 nitrogen and oxygen atoms in total. The molecule has 102 valence electrons. The number of amides is 3. The van der Waals surface area contributed by atoms with Gasteiger partial charge < -0.3 is 14.7 Å². The van der Waals surface area contributed by atoms with E-state index < -0.39 is 31.1 Å². The first kappa shape index (κ1) is 16.1. The fourth-order valence-electron chi connectivity index (χ4n) is 1.06. The molecular formula is C11H18N2O5. The van der Waals surface area contributed by atoms with Crippen LogP contribution in [-0.2, 0) is 14.3 Å². The largest absolute Gasteiger partial charge is 0.480 e. The van der Waals surface area contributed by atoms with Crippen LogP contribution in [0.5, 0.6) is 0 Å². The molecule has 0 fully saturated rings. The Balaban J connectivity index is 3.81. The van der Waals surface area contributed by atoms with E-state index in [1.807, 2.05) is 0 Å². The molecule has 2 N–H and O–H groups in total. The molecule has 0 rings (SSSR count). The summed E-state index contributed by atoms with van der Waals surface area (Å²) in [7, 11) is 1.56. The molecule has 0 unspecified atom stereocenters. The van der Waals surface area contributed by atoms with Gasteiger partial charge in [-0.15, -0.1) is 6.58 Å². The van der Waals surface area contributed by atoms with Crippen LogP contribution in [0.25, 0.3) is 0 Å². The predicted octanol–water partition coefficient (Wildman–Crippen LogP) is 0.222. The number of carbonyl (C=O) groups is 3. The highest BCUT2D eigenvalue weighted by atomic mass is 16.5. The number of urea groups is 1. The summed E-state index contributed by atoms with van der Waals surface area (Å²) in [5.41, 5.74) is 0. The third-order valence-electron chi connectivity index (χ3n) is 1.95. The van der Waals surface area contributed by atoms with Gasteiger partial charge in [-0.2, -0.15) is 0 Å². The van der Waals surface area contributed by atoms with Gasteiger partial charge in [0.05, 0.1) is 0 Å². The Morgan fingerprint density at radius 2 is 2.06 bits per heavy atom. The van der Waals surface area contributed by atoms with E-state index in [-0.39, 0.29) is 0 Å². The molecule has 3 amide bonds. The highest BCUT2D eigenvalue weighted by molar-refractivity contribution is 5.94. The fourth-order valence-corrected chi connectivity index (χ4v) is 1.06. The number of aliphatic carboxylic acids is 1. The zero-order valence-corrected chi connectivity index (χ0v) is 10.3. The summed E-state index contributed by atoms with van der Waals surface area (Å²) >= 11 is 0. The van der Waals surface area contributed by atoms with Crippen molar-refractivity contribution in [1.29, 1.82) is 0 Å². The van der Waals surface area contributed by atoms with E-state index >= 15 is 0 Å². The summed E-state index contributed by atoms with van der Waals surface area (Å²) in [6.07, 6.45) is 3.29. The zero-order valence-electron chi connectivity index (χ0n) is 10.3. The van der Waals surface area contributed by atoms with Crippen molar-refractivity contribution < 1.29 is 24.2 Å². The minimum absolute atomic E-state index is 0.460. The van der Waals surface area contributed by atoms with E-state index in [1.54, 1.807) is 13.1 Å². The van der Waals surface area contributed by atoms with Crippen LogP contribution in [0.1, 0.15) is 12.8 Å². The van der Waals surface area contributed by atoms with E-state index in [0.29, 0.717) is 6.54 Å². The first-order chi connectivity index (χ1) is 8.47. The smallest absolute Gasteiger partial charge is 0.329 e. The molecule has 0 heterocycles. The molecule has 0 atom stereocenters. The summed E-state index contributed by atoms with van der Waals surface area (Å²) in [6, 6.07) is -0.539. The fraction of sp³-hybridized carbons (Fsp3) is 0.545. The minimum Gasteiger partial charge on any atom is -0.480 e. The number of carboxylic acid groups (broad SMARTS) is 1. The molecule has 0 aromatic rings. The molecule has 0 saturated heterocycles. The normalized spacial score (nSPS) is 9.61. The quantitative estimate of drug-likeness (QED) is 0.479. The molecule has 0 aromatic heterocycles. The van der Waals surface area contributed by atoms with Crippen molar-refractivity contribution in [3.8, 4) is 0 Å². The molecule has 0 saturated carbocycles. The average Bonchev–Trinajstić information content (AvgIpc) is 2.28. The number of nitrogens with one attached hydrogen (secondary N) is 1. The second-order valence-electron chi connectivity index (χ2n) is 3.59. The predicted molar refractivity (Wildman–Crippen MR) is 64.1 cm³/mol. The highest BCUT2D eigenvalue weighted by Crippen LogP contribution is 1.93. The van der Waals surface area contributed by atoms with Crippen molar-refractivity contribution in [2.24, 2.45) is 0 Å². The number of hydrogen-bond acceptors (Lipinski definition) is 4. The van der Waals surface area contributed by atoms with Gasteiger partial charge in [-0.1, -0.05) is 6.08 Å². The Kier molecular flexibility index (Phi) is 8.21. The summed E-state index contributed by atoms with van der Waals surface area (Å²) in [4.78, 5) is 34.1. The number of nitrogens with zero attached hydrogens (tertiary/aromatic N) is 1. The Morgan fingerprint density at radius 1 is 1.39 bits per heavy atom. The van der Waals surface area contributed by atoms with Crippen LogP contribution in [0, 0.1) is 0 Å². The number of carbonyl (C=O) groups excluding carboxylic acids is 2. The number of imide groups is 1. The third kappa shape index (κ3) is 8.28. The Morgan fingerprint density at radius 3 is 2.61 bits per heavy atom. The average molecular weight is 258 g/mol. The summed E-state index contributed by atoms with van der Waals surface area (Å²) in [5, 5.41) is 10.4. The maximum Gasteiger partial charge on any atom is 0.329 e. The number of ether oxygens (including phenoxy) is 1. The van der Waals surface area contributed by atoms with Gasteiger partial charge >= 0.3 is 12.0 Å². The van der Waals surface area contributed by atoms with Crippen LogP contribution in [-0.4, -0.2) is 54.7 Å². The van der Waals surface area contributed by atoms with Crippen LogP contribution in [0.2, 0.25) is 0 Å². The van der Waals surface area contributed by atoms with Crippen molar-refractivity contribution in [1.82, 2.24) is 10.2 Å². The van der Waals surface area contributed by atoms with Gasteiger partial charge in [0.15, 0.2) is 0 Å².